The lowest BCUT2D eigenvalue weighted by atomic mass is 9.93. The molecule has 5 heteroatoms. The lowest BCUT2D eigenvalue weighted by Gasteiger charge is -2.13. The summed E-state index contributed by atoms with van der Waals surface area (Å²) in [6.45, 7) is 4.02. The highest BCUT2D eigenvalue weighted by molar-refractivity contribution is 6.00. The maximum Gasteiger partial charge on any atom is 0.168 e. The number of ketones is 1. The van der Waals surface area contributed by atoms with E-state index in [-0.39, 0.29) is 11.7 Å². The van der Waals surface area contributed by atoms with Crippen LogP contribution in [0.2, 0.25) is 0 Å². The van der Waals surface area contributed by atoms with Crippen LogP contribution in [0.5, 0.6) is 0 Å². The minimum absolute atomic E-state index is 0.0575. The summed E-state index contributed by atoms with van der Waals surface area (Å²) < 4.78 is 13.5. The van der Waals surface area contributed by atoms with Crippen LogP contribution in [0.3, 0.4) is 0 Å². The number of carbonyl (C=O) groups excluding carboxylic acids is 1. The van der Waals surface area contributed by atoms with Crippen molar-refractivity contribution in [1.29, 1.82) is 0 Å². The fraction of sp³-hybridized carbons (Fsp3) is 0.438. The third kappa shape index (κ3) is 3.74. The predicted octanol–water partition coefficient (Wildman–Crippen LogP) is 3.81. The summed E-state index contributed by atoms with van der Waals surface area (Å²) in [5, 5.41) is 8.05. The molecule has 4 nitrogen and oxygen atoms in total. The van der Waals surface area contributed by atoms with Crippen LogP contribution in [-0.4, -0.2) is 20.8 Å². The van der Waals surface area contributed by atoms with Crippen molar-refractivity contribution in [2.75, 3.05) is 0 Å². The van der Waals surface area contributed by atoms with E-state index in [9.17, 15) is 9.18 Å². The Balaban J connectivity index is 2.25. The van der Waals surface area contributed by atoms with Gasteiger partial charge in [0.1, 0.15) is 5.82 Å². The summed E-state index contributed by atoms with van der Waals surface area (Å²) in [5.74, 6) is -0.611. The zero-order valence-corrected chi connectivity index (χ0v) is 12.4. The van der Waals surface area contributed by atoms with Crippen LogP contribution in [-0.2, 0) is 0 Å². The molecule has 0 aliphatic heterocycles. The molecule has 2 aromatic rings. The Labute approximate surface area is 124 Å². The number of carbonyl (C=O) groups is 1. The molecule has 0 fully saturated rings. The number of hydrogen-bond acceptors (Lipinski definition) is 3. The minimum atomic E-state index is -0.421. The molecule has 0 saturated heterocycles. The minimum Gasteiger partial charge on any atom is -0.294 e. The van der Waals surface area contributed by atoms with Crippen molar-refractivity contribution in [3.05, 3.63) is 42.0 Å². The Hall–Kier alpha value is -2.04. The van der Waals surface area contributed by atoms with Crippen molar-refractivity contribution < 1.29 is 9.18 Å². The molecule has 0 aliphatic carbocycles. The third-order valence-corrected chi connectivity index (χ3v) is 3.55. The van der Waals surface area contributed by atoms with Crippen molar-refractivity contribution in [2.45, 2.75) is 39.5 Å². The number of rotatable bonds is 7. The molecule has 0 N–H and O–H groups in total. The average molecular weight is 289 g/mol. The van der Waals surface area contributed by atoms with Crippen molar-refractivity contribution in [3.8, 4) is 5.69 Å². The van der Waals surface area contributed by atoms with E-state index in [1.54, 1.807) is 6.07 Å². The summed E-state index contributed by atoms with van der Waals surface area (Å²) in [4.78, 5) is 13.9. The van der Waals surface area contributed by atoms with Crippen LogP contribution in [0.1, 0.15) is 49.9 Å². The maximum absolute atomic E-state index is 13.5. The van der Waals surface area contributed by atoms with Gasteiger partial charge in [-0.3, -0.25) is 4.79 Å². The van der Waals surface area contributed by atoms with Crippen LogP contribution in [0.25, 0.3) is 5.69 Å². The van der Waals surface area contributed by atoms with Crippen LogP contribution >= 0.6 is 0 Å². The number of benzene rings is 1. The quantitative estimate of drug-likeness (QED) is 0.575. The van der Waals surface area contributed by atoms with Gasteiger partial charge in [0.25, 0.3) is 0 Å². The van der Waals surface area contributed by atoms with Crippen LogP contribution in [0.4, 0.5) is 4.39 Å². The van der Waals surface area contributed by atoms with Gasteiger partial charge in [0.15, 0.2) is 5.78 Å². The van der Waals surface area contributed by atoms with Gasteiger partial charge in [0, 0.05) is 11.5 Å². The first-order valence-corrected chi connectivity index (χ1v) is 7.34. The zero-order chi connectivity index (χ0) is 15.2. The molecule has 0 amide bonds. The SMILES string of the molecule is CCCCCC(C)C(=O)c1cc(F)ccc1-n1nccn1. The van der Waals surface area contributed by atoms with E-state index in [0.29, 0.717) is 11.3 Å². The van der Waals surface area contributed by atoms with Crippen molar-refractivity contribution in [3.63, 3.8) is 0 Å². The fourth-order valence-electron chi connectivity index (χ4n) is 2.32. The Morgan fingerprint density at radius 3 is 2.67 bits per heavy atom. The van der Waals surface area contributed by atoms with Gasteiger partial charge in [0.05, 0.1) is 18.1 Å². The monoisotopic (exact) mass is 289 g/mol. The van der Waals surface area contributed by atoms with Gasteiger partial charge < -0.3 is 0 Å². The smallest absolute Gasteiger partial charge is 0.168 e. The highest BCUT2D eigenvalue weighted by atomic mass is 19.1. The lowest BCUT2D eigenvalue weighted by molar-refractivity contribution is 0.0921. The van der Waals surface area contributed by atoms with E-state index in [4.69, 9.17) is 0 Å². The number of hydrogen-bond donors (Lipinski definition) is 0. The lowest BCUT2D eigenvalue weighted by Crippen LogP contribution is -2.15. The van der Waals surface area contributed by atoms with E-state index in [0.717, 1.165) is 25.7 Å². The molecule has 1 atom stereocenters. The molecule has 0 saturated carbocycles. The first-order chi connectivity index (χ1) is 10.1. The second-order valence-corrected chi connectivity index (χ2v) is 5.24. The molecule has 1 unspecified atom stereocenters. The highest BCUT2D eigenvalue weighted by Gasteiger charge is 2.20. The van der Waals surface area contributed by atoms with Gasteiger partial charge in [-0.25, -0.2) is 4.39 Å². The molecular weight excluding hydrogens is 269 g/mol. The average Bonchev–Trinajstić information content (AvgIpc) is 3.00. The molecule has 0 bridgehead atoms. The number of unbranched alkanes of at least 4 members (excludes halogenated alkanes) is 2. The van der Waals surface area contributed by atoms with Crippen LogP contribution < -0.4 is 0 Å². The second-order valence-electron chi connectivity index (χ2n) is 5.24. The molecule has 0 aliphatic rings. The number of Topliss-reactive ketones (excluding diaryl/α,β-unsaturated/α-hetero) is 1. The Bertz CT molecular complexity index is 596. The molecule has 0 radical (unpaired) electrons. The molecule has 1 aromatic carbocycles. The largest absolute Gasteiger partial charge is 0.294 e. The standard InChI is InChI=1S/C16H20FN3O/c1-3-4-5-6-12(2)16(21)14-11-13(17)7-8-15(14)20-18-9-10-19-20/h7-12H,3-6H2,1-2H3. The molecular formula is C16H20FN3O. The Morgan fingerprint density at radius 1 is 1.29 bits per heavy atom. The van der Waals surface area contributed by atoms with Gasteiger partial charge in [-0.1, -0.05) is 33.1 Å². The normalized spacial score (nSPS) is 12.3. The van der Waals surface area contributed by atoms with Gasteiger partial charge in [-0.05, 0) is 24.6 Å². The molecule has 21 heavy (non-hydrogen) atoms. The van der Waals surface area contributed by atoms with E-state index in [1.807, 2.05) is 6.92 Å². The summed E-state index contributed by atoms with van der Waals surface area (Å²) in [5.41, 5.74) is 0.865. The number of nitrogens with zero attached hydrogens (tertiary/aromatic N) is 3. The van der Waals surface area contributed by atoms with E-state index in [2.05, 4.69) is 17.1 Å². The topological polar surface area (TPSA) is 47.8 Å². The van der Waals surface area contributed by atoms with E-state index in [1.165, 1.54) is 29.3 Å². The van der Waals surface area contributed by atoms with Gasteiger partial charge >= 0.3 is 0 Å². The van der Waals surface area contributed by atoms with E-state index < -0.39 is 5.82 Å². The van der Waals surface area contributed by atoms with E-state index >= 15 is 0 Å². The van der Waals surface area contributed by atoms with Crippen LogP contribution in [0.15, 0.2) is 30.6 Å². The van der Waals surface area contributed by atoms with Crippen molar-refractivity contribution in [2.24, 2.45) is 5.92 Å². The molecule has 112 valence electrons. The predicted molar refractivity (Wildman–Crippen MR) is 79.0 cm³/mol. The first-order valence-electron chi connectivity index (χ1n) is 7.34. The fourth-order valence-corrected chi connectivity index (χ4v) is 2.32. The van der Waals surface area contributed by atoms with Gasteiger partial charge in [-0.15, -0.1) is 0 Å². The molecule has 2 rings (SSSR count). The molecule has 1 heterocycles. The summed E-state index contributed by atoms with van der Waals surface area (Å²) >= 11 is 0. The summed E-state index contributed by atoms with van der Waals surface area (Å²) in [6.07, 6.45) is 7.10. The Morgan fingerprint density at radius 2 is 2.00 bits per heavy atom. The van der Waals surface area contributed by atoms with Gasteiger partial charge in [0.2, 0.25) is 0 Å². The Kier molecular flexibility index (Phi) is 5.20. The summed E-state index contributed by atoms with van der Waals surface area (Å²) in [7, 11) is 0. The number of halogens is 1. The molecule has 0 spiro atoms. The van der Waals surface area contributed by atoms with Crippen molar-refractivity contribution >= 4 is 5.78 Å². The summed E-state index contributed by atoms with van der Waals surface area (Å²) in [6, 6.07) is 4.13. The zero-order valence-electron chi connectivity index (χ0n) is 12.4. The second kappa shape index (κ2) is 7.11. The number of aromatic nitrogens is 3. The van der Waals surface area contributed by atoms with Crippen LogP contribution in [0, 0.1) is 11.7 Å². The van der Waals surface area contributed by atoms with Gasteiger partial charge in [-0.2, -0.15) is 15.0 Å². The maximum atomic E-state index is 13.5. The highest BCUT2D eigenvalue weighted by Crippen LogP contribution is 2.21. The third-order valence-electron chi connectivity index (χ3n) is 3.55. The van der Waals surface area contributed by atoms with Crippen molar-refractivity contribution in [1.82, 2.24) is 15.0 Å². The molecule has 1 aromatic heterocycles. The first kappa shape index (κ1) is 15.4.